The Bertz CT molecular complexity index is 1030. The molecule has 0 bridgehead atoms. The molecule has 0 saturated heterocycles. The minimum absolute atomic E-state index is 0.304. The number of hydrogen-bond acceptors (Lipinski definition) is 6. The van der Waals surface area contributed by atoms with Crippen molar-refractivity contribution in [1.82, 2.24) is 9.55 Å². The lowest BCUT2D eigenvalue weighted by atomic mass is 10.1. The Balaban J connectivity index is 1.72. The maximum atomic E-state index is 6.40. The monoisotopic (exact) mass is 355 g/mol. The molecule has 126 valence electrons. The molecule has 0 aliphatic carbocycles. The van der Waals surface area contributed by atoms with E-state index in [1.54, 1.807) is 0 Å². The van der Waals surface area contributed by atoms with E-state index in [1.165, 1.54) is 0 Å². The zero-order valence-electron chi connectivity index (χ0n) is 13.1. The van der Waals surface area contributed by atoms with Crippen LogP contribution in [-0.4, -0.2) is 28.7 Å². The van der Waals surface area contributed by atoms with Gasteiger partial charge in [0.1, 0.15) is 13.2 Å². The molecule has 8 heteroatoms. The summed E-state index contributed by atoms with van der Waals surface area (Å²) in [5.74, 6) is 2.13. The van der Waals surface area contributed by atoms with E-state index in [1.807, 2.05) is 41.0 Å². The van der Waals surface area contributed by atoms with Crippen LogP contribution < -0.4 is 20.5 Å². The molecule has 3 heterocycles. The van der Waals surface area contributed by atoms with Crippen LogP contribution in [-0.2, 0) is 0 Å². The SMILES string of the molecule is NC1=NC(c2cc(Cl)c3c(c2)OCCO3)n2c(nc3ccccc32)N1. The summed E-state index contributed by atoms with van der Waals surface area (Å²) in [6.45, 7) is 0.977. The molecule has 3 N–H and O–H groups in total. The Morgan fingerprint density at radius 3 is 2.96 bits per heavy atom. The van der Waals surface area contributed by atoms with Crippen LogP contribution in [0, 0.1) is 0 Å². The van der Waals surface area contributed by atoms with Crippen molar-refractivity contribution in [2.45, 2.75) is 6.17 Å². The number of hydrogen-bond donors (Lipinski definition) is 2. The zero-order chi connectivity index (χ0) is 17.0. The molecule has 0 saturated carbocycles. The second kappa shape index (κ2) is 5.29. The van der Waals surface area contributed by atoms with Gasteiger partial charge in [-0.05, 0) is 24.3 Å². The Hall–Kier alpha value is -2.93. The number of anilines is 1. The van der Waals surface area contributed by atoms with Crippen molar-refractivity contribution in [3.63, 3.8) is 0 Å². The van der Waals surface area contributed by atoms with Crippen LogP contribution >= 0.6 is 11.6 Å². The first kappa shape index (κ1) is 14.4. The molecular formula is C17H14ClN5O2. The molecule has 0 fully saturated rings. The molecule has 5 rings (SSSR count). The summed E-state index contributed by atoms with van der Waals surface area (Å²) >= 11 is 6.40. The van der Waals surface area contributed by atoms with Gasteiger partial charge in [0, 0.05) is 5.56 Å². The van der Waals surface area contributed by atoms with E-state index in [-0.39, 0.29) is 0 Å². The van der Waals surface area contributed by atoms with Crippen molar-refractivity contribution >= 4 is 34.5 Å². The van der Waals surface area contributed by atoms with Gasteiger partial charge in [-0.3, -0.25) is 9.88 Å². The number of nitrogens with two attached hydrogens (primary N) is 1. The molecule has 3 aromatic rings. The maximum absolute atomic E-state index is 6.40. The van der Waals surface area contributed by atoms with Gasteiger partial charge in [-0.1, -0.05) is 23.7 Å². The minimum Gasteiger partial charge on any atom is -0.486 e. The predicted molar refractivity (Wildman–Crippen MR) is 95.6 cm³/mol. The summed E-state index contributed by atoms with van der Waals surface area (Å²) in [7, 11) is 0. The Kier molecular flexibility index (Phi) is 3.05. The second-order valence-corrected chi connectivity index (χ2v) is 6.24. The van der Waals surface area contributed by atoms with Crippen molar-refractivity contribution in [1.29, 1.82) is 0 Å². The first-order valence-electron chi connectivity index (χ1n) is 7.87. The van der Waals surface area contributed by atoms with Gasteiger partial charge in [0.15, 0.2) is 23.6 Å². The molecule has 2 aliphatic heterocycles. The molecule has 2 aliphatic rings. The minimum atomic E-state index is -0.392. The fourth-order valence-electron chi connectivity index (χ4n) is 3.22. The lowest BCUT2D eigenvalue weighted by Crippen LogP contribution is -2.31. The average Bonchev–Trinajstić information content (AvgIpc) is 2.99. The van der Waals surface area contributed by atoms with Crippen molar-refractivity contribution in [2.24, 2.45) is 10.7 Å². The summed E-state index contributed by atoms with van der Waals surface area (Å²) in [4.78, 5) is 9.15. The van der Waals surface area contributed by atoms with Crippen LogP contribution in [0.3, 0.4) is 0 Å². The van der Waals surface area contributed by atoms with E-state index in [0.29, 0.717) is 41.6 Å². The number of para-hydroxylation sites is 2. The lowest BCUT2D eigenvalue weighted by molar-refractivity contribution is 0.171. The third-order valence-corrected chi connectivity index (χ3v) is 4.54. The van der Waals surface area contributed by atoms with Gasteiger partial charge in [0.25, 0.3) is 0 Å². The number of ether oxygens (including phenoxy) is 2. The smallest absolute Gasteiger partial charge is 0.212 e. The van der Waals surface area contributed by atoms with Gasteiger partial charge in [-0.15, -0.1) is 0 Å². The highest BCUT2D eigenvalue weighted by molar-refractivity contribution is 6.32. The normalized spacial score (nSPS) is 18.4. The van der Waals surface area contributed by atoms with Gasteiger partial charge in [0.05, 0.1) is 16.1 Å². The van der Waals surface area contributed by atoms with E-state index in [0.717, 1.165) is 16.6 Å². The van der Waals surface area contributed by atoms with Crippen LogP contribution in [0.4, 0.5) is 5.95 Å². The predicted octanol–water partition coefficient (Wildman–Crippen LogP) is 2.75. The number of rotatable bonds is 1. The molecule has 1 aromatic heterocycles. The second-order valence-electron chi connectivity index (χ2n) is 5.83. The van der Waals surface area contributed by atoms with E-state index < -0.39 is 6.17 Å². The topological polar surface area (TPSA) is 86.7 Å². The van der Waals surface area contributed by atoms with Crippen molar-refractivity contribution in [3.8, 4) is 11.5 Å². The maximum Gasteiger partial charge on any atom is 0.212 e. The number of nitrogens with zero attached hydrogens (tertiary/aromatic N) is 3. The fraction of sp³-hybridized carbons (Fsp3) is 0.176. The van der Waals surface area contributed by atoms with Crippen LogP contribution in [0.1, 0.15) is 11.7 Å². The van der Waals surface area contributed by atoms with Gasteiger partial charge >= 0.3 is 0 Å². The number of guanidine groups is 1. The average molecular weight is 356 g/mol. The molecule has 7 nitrogen and oxygen atoms in total. The van der Waals surface area contributed by atoms with Crippen LogP contribution in [0.25, 0.3) is 11.0 Å². The number of halogens is 1. The fourth-order valence-corrected chi connectivity index (χ4v) is 3.49. The molecule has 25 heavy (non-hydrogen) atoms. The third kappa shape index (κ3) is 2.20. The third-order valence-electron chi connectivity index (χ3n) is 4.26. The number of benzene rings is 2. The van der Waals surface area contributed by atoms with Gasteiger partial charge in [-0.2, -0.15) is 0 Å². The summed E-state index contributed by atoms with van der Waals surface area (Å²) < 4.78 is 13.3. The first-order chi connectivity index (χ1) is 12.2. The highest BCUT2D eigenvalue weighted by Crippen LogP contribution is 2.42. The summed E-state index contributed by atoms with van der Waals surface area (Å²) in [6.07, 6.45) is -0.392. The number of aliphatic imine (C=N–C) groups is 1. The Morgan fingerprint density at radius 1 is 1.20 bits per heavy atom. The summed E-state index contributed by atoms with van der Waals surface area (Å²) in [6, 6.07) is 11.6. The largest absolute Gasteiger partial charge is 0.486 e. The van der Waals surface area contributed by atoms with Gasteiger partial charge in [-0.25, -0.2) is 9.98 Å². The van der Waals surface area contributed by atoms with Gasteiger partial charge in [0.2, 0.25) is 5.95 Å². The van der Waals surface area contributed by atoms with Crippen LogP contribution in [0.15, 0.2) is 41.4 Å². The Morgan fingerprint density at radius 2 is 2.04 bits per heavy atom. The molecule has 0 amide bonds. The summed E-state index contributed by atoms with van der Waals surface area (Å²) in [5, 5.41) is 3.51. The standard InChI is InChI=1S/C17H14ClN5O2/c18-10-7-9(8-13-14(10)25-6-5-24-13)15-21-16(19)22-17-20-11-3-1-2-4-12(11)23(15)17/h1-4,7-8,15H,5-6H2,(H3,19,20,21,22). The molecular weight excluding hydrogens is 342 g/mol. The van der Waals surface area contributed by atoms with Crippen molar-refractivity contribution in [2.75, 3.05) is 18.5 Å². The van der Waals surface area contributed by atoms with Crippen LogP contribution in [0.2, 0.25) is 5.02 Å². The molecule has 2 aromatic carbocycles. The Labute approximate surface area is 148 Å². The van der Waals surface area contributed by atoms with Crippen LogP contribution in [0.5, 0.6) is 11.5 Å². The molecule has 1 atom stereocenters. The van der Waals surface area contributed by atoms with Crippen molar-refractivity contribution < 1.29 is 9.47 Å². The number of imidazole rings is 1. The highest BCUT2D eigenvalue weighted by Gasteiger charge is 2.27. The van der Waals surface area contributed by atoms with E-state index in [2.05, 4.69) is 15.3 Å². The van der Waals surface area contributed by atoms with E-state index in [4.69, 9.17) is 26.8 Å². The number of nitrogens with one attached hydrogen (secondary N) is 1. The lowest BCUT2D eigenvalue weighted by Gasteiger charge is -2.26. The van der Waals surface area contributed by atoms with Crippen molar-refractivity contribution in [3.05, 3.63) is 47.0 Å². The number of aromatic nitrogens is 2. The number of fused-ring (bicyclic) bond motifs is 4. The van der Waals surface area contributed by atoms with E-state index in [9.17, 15) is 0 Å². The molecule has 1 unspecified atom stereocenters. The molecule has 0 radical (unpaired) electrons. The van der Waals surface area contributed by atoms with E-state index >= 15 is 0 Å². The first-order valence-corrected chi connectivity index (χ1v) is 8.25. The van der Waals surface area contributed by atoms with Gasteiger partial charge < -0.3 is 15.2 Å². The summed E-state index contributed by atoms with van der Waals surface area (Å²) in [5.41, 5.74) is 8.64. The highest BCUT2D eigenvalue weighted by atomic mass is 35.5. The zero-order valence-corrected chi connectivity index (χ0v) is 13.8. The quantitative estimate of drug-likeness (QED) is 0.701. The molecule has 0 spiro atoms.